The maximum Gasteiger partial charge on any atom is 0.134 e. The molecule has 0 saturated carbocycles. The van der Waals surface area contributed by atoms with Gasteiger partial charge in [0.2, 0.25) is 0 Å². The Labute approximate surface area is 82.9 Å². The van der Waals surface area contributed by atoms with Gasteiger partial charge < -0.3 is 9.30 Å². The van der Waals surface area contributed by atoms with Gasteiger partial charge in [0.05, 0.1) is 18.8 Å². The summed E-state index contributed by atoms with van der Waals surface area (Å²) in [5, 5.41) is 0. The maximum atomic E-state index is 5.03. The van der Waals surface area contributed by atoms with Gasteiger partial charge in [0.25, 0.3) is 0 Å². The van der Waals surface area contributed by atoms with Crippen molar-refractivity contribution < 1.29 is 4.74 Å². The number of aromatic nitrogens is 2. The second-order valence-electron chi connectivity index (χ2n) is 3.33. The molecule has 74 valence electrons. The molecule has 0 saturated heterocycles. The van der Waals surface area contributed by atoms with Crippen LogP contribution in [0.5, 0.6) is 0 Å². The maximum absolute atomic E-state index is 5.03. The van der Waals surface area contributed by atoms with Gasteiger partial charge in [-0.05, 0) is 12.5 Å². The minimum Gasteiger partial charge on any atom is -0.378 e. The van der Waals surface area contributed by atoms with E-state index in [1.807, 2.05) is 30.1 Å². The summed E-state index contributed by atoms with van der Waals surface area (Å²) >= 11 is 0. The number of ether oxygens (including phenoxy) is 1. The average molecular weight is 191 g/mol. The molecule has 0 bridgehead atoms. The molecule has 0 aromatic carbocycles. The van der Waals surface area contributed by atoms with Gasteiger partial charge in [-0.3, -0.25) is 4.99 Å². The minimum absolute atomic E-state index is 0.552. The van der Waals surface area contributed by atoms with Crippen molar-refractivity contribution in [1.82, 2.24) is 9.55 Å². The van der Waals surface area contributed by atoms with Crippen molar-refractivity contribution in [3.8, 4) is 0 Å². The summed E-state index contributed by atoms with van der Waals surface area (Å²) in [6.07, 6.45) is 5.87. The number of allylic oxidation sites excluding steroid dienone is 1. The van der Waals surface area contributed by atoms with Crippen LogP contribution in [0.4, 0.5) is 0 Å². The number of methoxy groups -OCH3 is 1. The number of fused-ring (bicyclic) bond motifs is 1. The van der Waals surface area contributed by atoms with Gasteiger partial charge in [-0.25, -0.2) is 4.98 Å². The Morgan fingerprint density at radius 1 is 1.57 bits per heavy atom. The number of aliphatic imine (C=N–C) groups is 1. The SMILES string of the molecule is COCc1cn2c(n1)CN=CC(C)=C2. The fourth-order valence-electron chi connectivity index (χ4n) is 1.46. The van der Waals surface area contributed by atoms with E-state index in [2.05, 4.69) is 9.98 Å². The van der Waals surface area contributed by atoms with Crippen molar-refractivity contribution in [2.24, 2.45) is 4.99 Å². The Balaban J connectivity index is 2.34. The minimum atomic E-state index is 0.552. The van der Waals surface area contributed by atoms with E-state index in [0.29, 0.717) is 13.2 Å². The Morgan fingerprint density at radius 3 is 3.21 bits per heavy atom. The summed E-state index contributed by atoms with van der Waals surface area (Å²) in [4.78, 5) is 8.66. The molecule has 4 nitrogen and oxygen atoms in total. The van der Waals surface area contributed by atoms with Crippen molar-refractivity contribution in [2.75, 3.05) is 7.11 Å². The van der Waals surface area contributed by atoms with Crippen LogP contribution in [0.1, 0.15) is 18.4 Å². The molecule has 0 radical (unpaired) electrons. The van der Waals surface area contributed by atoms with Crippen molar-refractivity contribution in [3.63, 3.8) is 0 Å². The first kappa shape index (κ1) is 9.15. The standard InChI is InChI=1S/C10H13N3O/c1-8-3-11-4-10-12-9(7-14-2)6-13(10)5-8/h3,5-6H,4,7H2,1-2H3. The Hall–Kier alpha value is -1.42. The highest BCUT2D eigenvalue weighted by Gasteiger charge is 2.07. The third kappa shape index (κ3) is 1.75. The molecule has 0 unspecified atom stereocenters. The zero-order valence-electron chi connectivity index (χ0n) is 8.40. The van der Waals surface area contributed by atoms with Crippen LogP contribution in [0.25, 0.3) is 6.20 Å². The van der Waals surface area contributed by atoms with Crippen LogP contribution in [0.3, 0.4) is 0 Å². The lowest BCUT2D eigenvalue weighted by atomic mass is 10.4. The molecule has 0 fully saturated rings. The normalized spacial score (nSPS) is 14.9. The van der Waals surface area contributed by atoms with Crippen LogP contribution in [-0.2, 0) is 17.9 Å². The first-order valence-corrected chi connectivity index (χ1v) is 4.53. The van der Waals surface area contributed by atoms with Gasteiger partial charge in [0, 0.05) is 25.7 Å². The molecular weight excluding hydrogens is 178 g/mol. The van der Waals surface area contributed by atoms with E-state index in [0.717, 1.165) is 17.1 Å². The van der Waals surface area contributed by atoms with Gasteiger partial charge in [0.1, 0.15) is 5.82 Å². The number of nitrogens with zero attached hydrogens (tertiary/aromatic N) is 3. The number of hydrogen-bond acceptors (Lipinski definition) is 3. The highest BCUT2D eigenvalue weighted by atomic mass is 16.5. The Morgan fingerprint density at radius 2 is 2.43 bits per heavy atom. The van der Waals surface area contributed by atoms with Gasteiger partial charge in [-0.2, -0.15) is 0 Å². The van der Waals surface area contributed by atoms with E-state index >= 15 is 0 Å². The van der Waals surface area contributed by atoms with Crippen molar-refractivity contribution in [2.45, 2.75) is 20.1 Å². The Kier molecular flexibility index (Phi) is 2.45. The monoisotopic (exact) mass is 191 g/mol. The van der Waals surface area contributed by atoms with E-state index in [9.17, 15) is 0 Å². The van der Waals surface area contributed by atoms with Crippen molar-refractivity contribution in [3.05, 3.63) is 23.3 Å². The van der Waals surface area contributed by atoms with Crippen LogP contribution < -0.4 is 0 Å². The summed E-state index contributed by atoms with van der Waals surface area (Å²) in [6.45, 7) is 3.21. The zero-order valence-corrected chi connectivity index (χ0v) is 8.40. The van der Waals surface area contributed by atoms with E-state index in [4.69, 9.17) is 4.74 Å². The van der Waals surface area contributed by atoms with E-state index in [-0.39, 0.29) is 0 Å². The van der Waals surface area contributed by atoms with Crippen LogP contribution in [0.15, 0.2) is 16.8 Å². The van der Waals surface area contributed by atoms with E-state index in [1.54, 1.807) is 7.11 Å². The van der Waals surface area contributed by atoms with Gasteiger partial charge in [-0.15, -0.1) is 0 Å². The molecule has 14 heavy (non-hydrogen) atoms. The van der Waals surface area contributed by atoms with Gasteiger partial charge in [0.15, 0.2) is 0 Å². The molecule has 0 aliphatic carbocycles. The highest BCUT2D eigenvalue weighted by molar-refractivity contribution is 5.82. The van der Waals surface area contributed by atoms with Gasteiger partial charge in [-0.1, -0.05) is 0 Å². The number of imidazole rings is 1. The second kappa shape index (κ2) is 3.75. The molecule has 0 spiro atoms. The lowest BCUT2D eigenvalue weighted by Gasteiger charge is -1.95. The quantitative estimate of drug-likeness (QED) is 0.710. The van der Waals surface area contributed by atoms with Crippen molar-refractivity contribution >= 4 is 12.4 Å². The number of hydrogen-bond donors (Lipinski definition) is 0. The smallest absolute Gasteiger partial charge is 0.134 e. The largest absolute Gasteiger partial charge is 0.378 e. The lowest BCUT2D eigenvalue weighted by Crippen LogP contribution is -1.92. The summed E-state index contributed by atoms with van der Waals surface area (Å²) in [7, 11) is 1.67. The molecule has 1 aliphatic heterocycles. The van der Waals surface area contributed by atoms with Crippen LogP contribution >= 0.6 is 0 Å². The number of rotatable bonds is 2. The molecule has 0 amide bonds. The first-order valence-electron chi connectivity index (χ1n) is 4.53. The predicted octanol–water partition coefficient (Wildman–Crippen LogP) is 1.47. The molecule has 1 aliphatic rings. The molecule has 4 heteroatoms. The average Bonchev–Trinajstić information content (AvgIpc) is 2.41. The third-order valence-corrected chi connectivity index (χ3v) is 2.02. The van der Waals surface area contributed by atoms with Crippen LogP contribution in [-0.4, -0.2) is 22.9 Å². The summed E-state index contributed by atoms with van der Waals surface area (Å²) in [6, 6.07) is 0. The summed E-state index contributed by atoms with van der Waals surface area (Å²) in [5.41, 5.74) is 2.08. The first-order chi connectivity index (χ1) is 6.79. The van der Waals surface area contributed by atoms with E-state index in [1.165, 1.54) is 0 Å². The summed E-state index contributed by atoms with van der Waals surface area (Å²) in [5.74, 6) is 0.963. The molecule has 1 aromatic heterocycles. The summed E-state index contributed by atoms with van der Waals surface area (Å²) < 4.78 is 7.04. The topological polar surface area (TPSA) is 39.4 Å². The van der Waals surface area contributed by atoms with Crippen molar-refractivity contribution in [1.29, 1.82) is 0 Å². The van der Waals surface area contributed by atoms with Crippen LogP contribution in [0, 0.1) is 0 Å². The molecule has 2 heterocycles. The lowest BCUT2D eigenvalue weighted by molar-refractivity contribution is 0.182. The van der Waals surface area contributed by atoms with Gasteiger partial charge >= 0.3 is 0 Å². The fraction of sp³-hybridized carbons (Fsp3) is 0.400. The van der Waals surface area contributed by atoms with Crippen LogP contribution in [0.2, 0.25) is 0 Å². The second-order valence-corrected chi connectivity index (χ2v) is 3.33. The third-order valence-electron chi connectivity index (χ3n) is 2.02. The molecule has 2 rings (SSSR count). The van der Waals surface area contributed by atoms with E-state index < -0.39 is 0 Å². The molecule has 0 N–H and O–H groups in total. The molecule has 1 aromatic rings. The Bertz CT molecular complexity index is 390. The molecule has 0 atom stereocenters. The zero-order chi connectivity index (χ0) is 9.97. The highest BCUT2D eigenvalue weighted by Crippen LogP contribution is 2.10. The molecular formula is C10H13N3O. The predicted molar refractivity (Wildman–Crippen MR) is 55.1 cm³/mol. The fourth-order valence-corrected chi connectivity index (χ4v) is 1.46.